The van der Waals surface area contributed by atoms with E-state index in [1.54, 1.807) is 30.2 Å². The third-order valence-electron chi connectivity index (χ3n) is 6.18. The Morgan fingerprint density at radius 2 is 1.78 bits per heavy atom. The first-order valence-corrected chi connectivity index (χ1v) is 13.2. The zero-order chi connectivity index (χ0) is 25.4. The molecule has 36 heavy (non-hydrogen) atoms. The van der Waals surface area contributed by atoms with Crippen LogP contribution in [0, 0.1) is 0 Å². The average Bonchev–Trinajstić information content (AvgIpc) is 3.17. The van der Waals surface area contributed by atoms with Crippen molar-refractivity contribution in [3.63, 3.8) is 0 Å². The smallest absolute Gasteiger partial charge is 0.295 e. The van der Waals surface area contributed by atoms with E-state index in [2.05, 4.69) is 38.8 Å². The molecule has 5 rings (SSSR count). The molecule has 3 aromatic carbocycles. The molecular weight excluding hydrogens is 590 g/mol. The van der Waals surface area contributed by atoms with Gasteiger partial charge in [-0.05, 0) is 60.5 Å². The lowest BCUT2D eigenvalue weighted by Gasteiger charge is -2.26. The van der Waals surface area contributed by atoms with Gasteiger partial charge in [-0.15, -0.1) is 0 Å². The van der Waals surface area contributed by atoms with Gasteiger partial charge in [0.15, 0.2) is 16.9 Å². The molecule has 6 nitrogen and oxygen atoms in total. The van der Waals surface area contributed by atoms with Crippen LogP contribution in [-0.4, -0.2) is 19.6 Å². The molecule has 0 bridgehead atoms. The van der Waals surface area contributed by atoms with Crippen molar-refractivity contribution in [2.45, 2.75) is 25.8 Å². The number of fused-ring (bicyclic) bond motifs is 2. The number of carbonyl (C=O) groups is 1. The molecule has 1 atom stereocenters. The van der Waals surface area contributed by atoms with Crippen LogP contribution >= 0.6 is 31.9 Å². The summed E-state index contributed by atoms with van der Waals surface area (Å²) in [7, 11) is 1.57. The SMILES string of the molecule is CCCCOc1ccc(C2c3c(oc4ccc(Br)cc4c3=O)C(=O)N2c2cccc(Br)c2)cc1OC. The molecular formula is C28H23Br2NO5. The van der Waals surface area contributed by atoms with E-state index in [-0.39, 0.29) is 17.1 Å². The van der Waals surface area contributed by atoms with Gasteiger partial charge in [-0.2, -0.15) is 0 Å². The van der Waals surface area contributed by atoms with E-state index in [1.807, 2.05) is 42.5 Å². The third kappa shape index (κ3) is 4.33. The van der Waals surface area contributed by atoms with Gasteiger partial charge in [0.25, 0.3) is 5.91 Å². The van der Waals surface area contributed by atoms with Gasteiger partial charge in [-0.3, -0.25) is 14.5 Å². The summed E-state index contributed by atoms with van der Waals surface area (Å²) in [6, 6.07) is 17.4. The number of benzene rings is 3. The zero-order valence-electron chi connectivity index (χ0n) is 19.7. The second-order valence-corrected chi connectivity index (χ2v) is 10.3. The molecule has 8 heteroatoms. The number of methoxy groups -OCH3 is 1. The summed E-state index contributed by atoms with van der Waals surface area (Å²) in [5, 5.41) is 0.406. The Balaban J connectivity index is 1.72. The fraction of sp³-hybridized carbons (Fsp3) is 0.214. The molecule has 2 heterocycles. The van der Waals surface area contributed by atoms with Crippen molar-refractivity contribution in [2.75, 3.05) is 18.6 Å². The molecule has 0 spiro atoms. The van der Waals surface area contributed by atoms with Gasteiger partial charge >= 0.3 is 0 Å². The van der Waals surface area contributed by atoms with E-state index in [4.69, 9.17) is 13.9 Å². The summed E-state index contributed by atoms with van der Waals surface area (Å²) in [6.07, 6.45) is 1.94. The van der Waals surface area contributed by atoms with Crippen LogP contribution in [0.1, 0.15) is 47.5 Å². The van der Waals surface area contributed by atoms with Gasteiger partial charge in [0.1, 0.15) is 5.58 Å². The van der Waals surface area contributed by atoms with Crippen LogP contribution in [0.2, 0.25) is 0 Å². The summed E-state index contributed by atoms with van der Waals surface area (Å²) >= 11 is 6.93. The Hall–Kier alpha value is -3.10. The van der Waals surface area contributed by atoms with Crippen LogP contribution in [0.15, 0.2) is 78.8 Å². The highest BCUT2D eigenvalue weighted by Gasteiger charge is 2.44. The highest BCUT2D eigenvalue weighted by molar-refractivity contribution is 9.10. The number of hydrogen-bond acceptors (Lipinski definition) is 5. The summed E-state index contributed by atoms with van der Waals surface area (Å²) in [5.74, 6) is 0.814. The van der Waals surface area contributed by atoms with E-state index in [1.165, 1.54) is 0 Å². The van der Waals surface area contributed by atoms with E-state index in [0.29, 0.717) is 45.9 Å². The lowest BCUT2D eigenvalue weighted by molar-refractivity contribution is 0.0971. The van der Waals surface area contributed by atoms with Gasteiger partial charge in [0, 0.05) is 14.6 Å². The van der Waals surface area contributed by atoms with Crippen LogP contribution < -0.4 is 19.8 Å². The molecule has 1 aliphatic rings. The first-order valence-electron chi connectivity index (χ1n) is 11.6. The molecule has 4 aromatic rings. The monoisotopic (exact) mass is 611 g/mol. The van der Waals surface area contributed by atoms with Gasteiger partial charge in [-0.25, -0.2) is 0 Å². The number of halogens is 2. The van der Waals surface area contributed by atoms with Crippen molar-refractivity contribution < 1.29 is 18.7 Å². The second kappa shape index (κ2) is 10.1. The Labute approximate surface area is 225 Å². The minimum absolute atomic E-state index is 0.0436. The predicted octanol–water partition coefficient (Wildman–Crippen LogP) is 7.26. The number of anilines is 1. The van der Waals surface area contributed by atoms with Crippen LogP contribution in [0.4, 0.5) is 5.69 Å². The minimum Gasteiger partial charge on any atom is -0.493 e. The average molecular weight is 613 g/mol. The quantitative estimate of drug-likeness (QED) is 0.206. The second-order valence-electron chi connectivity index (χ2n) is 8.48. The lowest BCUT2D eigenvalue weighted by atomic mass is 9.97. The maximum absolute atomic E-state index is 13.8. The largest absolute Gasteiger partial charge is 0.493 e. The summed E-state index contributed by atoms with van der Waals surface area (Å²) in [6.45, 7) is 2.67. The molecule has 1 aliphatic heterocycles. The highest BCUT2D eigenvalue weighted by atomic mass is 79.9. The van der Waals surface area contributed by atoms with Gasteiger partial charge in [0.05, 0.1) is 30.7 Å². The van der Waals surface area contributed by atoms with Crippen molar-refractivity contribution in [3.05, 3.63) is 96.7 Å². The van der Waals surface area contributed by atoms with Crippen molar-refractivity contribution >= 4 is 54.4 Å². The molecule has 0 radical (unpaired) electrons. The Kier molecular flexibility index (Phi) is 6.90. The van der Waals surface area contributed by atoms with E-state index in [0.717, 1.165) is 21.8 Å². The lowest BCUT2D eigenvalue weighted by Crippen LogP contribution is -2.29. The normalized spacial score (nSPS) is 14.8. The molecule has 1 unspecified atom stereocenters. The first-order chi connectivity index (χ1) is 17.4. The Morgan fingerprint density at radius 1 is 0.972 bits per heavy atom. The minimum atomic E-state index is -0.708. The van der Waals surface area contributed by atoms with Gasteiger partial charge in [-0.1, -0.05) is 57.3 Å². The van der Waals surface area contributed by atoms with Crippen LogP contribution in [0.25, 0.3) is 11.0 Å². The number of nitrogens with zero attached hydrogens (tertiary/aromatic N) is 1. The molecule has 0 fully saturated rings. The van der Waals surface area contributed by atoms with Crippen molar-refractivity contribution in [3.8, 4) is 11.5 Å². The van der Waals surface area contributed by atoms with E-state index in [9.17, 15) is 9.59 Å². The van der Waals surface area contributed by atoms with Crippen LogP contribution in [0.5, 0.6) is 11.5 Å². The maximum Gasteiger partial charge on any atom is 0.295 e. The Bertz CT molecular complexity index is 1530. The molecule has 1 aromatic heterocycles. The fourth-order valence-electron chi connectivity index (χ4n) is 4.45. The summed E-state index contributed by atoms with van der Waals surface area (Å²) in [4.78, 5) is 29.2. The zero-order valence-corrected chi connectivity index (χ0v) is 22.9. The summed E-state index contributed by atoms with van der Waals surface area (Å²) < 4.78 is 19.1. The number of hydrogen-bond donors (Lipinski definition) is 0. The van der Waals surface area contributed by atoms with E-state index >= 15 is 0 Å². The Morgan fingerprint density at radius 3 is 2.53 bits per heavy atom. The molecule has 0 saturated heterocycles. The number of amides is 1. The van der Waals surface area contributed by atoms with Gasteiger partial charge in [0.2, 0.25) is 5.76 Å². The van der Waals surface area contributed by atoms with E-state index < -0.39 is 6.04 Å². The van der Waals surface area contributed by atoms with Crippen molar-refractivity contribution in [2.24, 2.45) is 0 Å². The van der Waals surface area contributed by atoms with Crippen molar-refractivity contribution in [1.29, 1.82) is 0 Å². The fourth-order valence-corrected chi connectivity index (χ4v) is 5.20. The standard InChI is InChI=1S/C28H23Br2NO5/c1-3-4-12-35-22-10-8-16(13-23(22)34-2)25-24-26(32)20-15-18(30)9-11-21(20)36-27(24)28(33)31(25)19-7-5-6-17(29)14-19/h5-11,13-15,25H,3-4,12H2,1-2H3. The third-order valence-corrected chi connectivity index (χ3v) is 7.16. The highest BCUT2D eigenvalue weighted by Crippen LogP contribution is 2.43. The molecule has 184 valence electrons. The molecule has 0 N–H and O–H groups in total. The molecule has 0 saturated carbocycles. The van der Waals surface area contributed by atoms with Crippen LogP contribution in [0.3, 0.4) is 0 Å². The predicted molar refractivity (Wildman–Crippen MR) is 146 cm³/mol. The summed E-state index contributed by atoms with van der Waals surface area (Å²) in [5.41, 5.74) is 1.77. The van der Waals surface area contributed by atoms with Crippen LogP contribution in [-0.2, 0) is 0 Å². The topological polar surface area (TPSA) is 69.0 Å². The van der Waals surface area contributed by atoms with Gasteiger partial charge < -0.3 is 13.9 Å². The number of ether oxygens (including phenoxy) is 2. The molecule has 0 aliphatic carbocycles. The number of carbonyl (C=O) groups excluding carboxylic acids is 1. The first kappa shape index (κ1) is 24.6. The molecule has 1 amide bonds. The number of rotatable bonds is 7. The number of unbranched alkanes of at least 4 members (excludes halogenated alkanes) is 1. The maximum atomic E-state index is 13.8. The van der Waals surface area contributed by atoms with Crippen molar-refractivity contribution in [1.82, 2.24) is 0 Å².